The lowest BCUT2D eigenvalue weighted by Crippen LogP contribution is -2.24. The summed E-state index contributed by atoms with van der Waals surface area (Å²) in [5.41, 5.74) is 7.41. The van der Waals surface area contributed by atoms with Crippen LogP contribution in [0.15, 0.2) is 18.2 Å². The first-order chi connectivity index (χ1) is 8.35. The van der Waals surface area contributed by atoms with Crippen LogP contribution in [0.3, 0.4) is 0 Å². The maximum Gasteiger partial charge on any atom is 0.338 e. The Morgan fingerprint density at radius 2 is 2.06 bits per heavy atom. The van der Waals surface area contributed by atoms with Crippen LogP contribution in [0.4, 0.5) is 11.4 Å². The number of carbonyl (C=O) groups excluding carboxylic acids is 1. The number of nitrogen functional groups attached to an aromatic ring is 1. The van der Waals surface area contributed by atoms with Gasteiger partial charge in [-0.05, 0) is 51.8 Å². The van der Waals surface area contributed by atoms with E-state index in [0.29, 0.717) is 17.3 Å². The van der Waals surface area contributed by atoms with Crippen LogP contribution in [0.25, 0.3) is 0 Å². The van der Waals surface area contributed by atoms with Crippen molar-refractivity contribution in [3.63, 3.8) is 0 Å². The highest BCUT2D eigenvalue weighted by molar-refractivity contribution is 5.92. The number of ether oxygens (including phenoxy) is 1. The van der Waals surface area contributed by atoms with E-state index in [9.17, 15) is 4.79 Å². The molecule has 98 valence electrons. The molecule has 3 N–H and O–H groups in total. The van der Waals surface area contributed by atoms with Crippen molar-refractivity contribution in [2.75, 3.05) is 11.1 Å². The van der Waals surface area contributed by atoms with Gasteiger partial charge >= 0.3 is 5.97 Å². The minimum Gasteiger partial charge on any atom is -0.456 e. The van der Waals surface area contributed by atoms with E-state index in [2.05, 4.69) is 5.32 Å². The van der Waals surface area contributed by atoms with Gasteiger partial charge in [0, 0.05) is 6.04 Å². The monoisotopic (exact) mass is 248 g/mol. The van der Waals surface area contributed by atoms with Crippen molar-refractivity contribution in [3.8, 4) is 0 Å². The summed E-state index contributed by atoms with van der Waals surface area (Å²) >= 11 is 0. The highest BCUT2D eigenvalue weighted by Gasteiger charge is 2.22. The summed E-state index contributed by atoms with van der Waals surface area (Å²) in [6.07, 6.45) is 2.38. The molecule has 1 aliphatic rings. The van der Waals surface area contributed by atoms with Crippen molar-refractivity contribution >= 4 is 17.3 Å². The molecule has 0 saturated heterocycles. The molecule has 1 saturated carbocycles. The zero-order valence-corrected chi connectivity index (χ0v) is 11.1. The van der Waals surface area contributed by atoms with Gasteiger partial charge in [-0.2, -0.15) is 0 Å². The standard InChI is InChI=1S/C14H20N2O2/c1-14(2,3)18-13(17)9-4-7-12(11(15)8-9)16-10-5-6-10/h4,7-8,10,16H,5-6,15H2,1-3H3. The van der Waals surface area contributed by atoms with Crippen molar-refractivity contribution in [3.05, 3.63) is 23.8 Å². The Labute approximate surface area is 108 Å². The number of rotatable bonds is 3. The van der Waals surface area contributed by atoms with E-state index in [1.165, 1.54) is 12.8 Å². The summed E-state index contributed by atoms with van der Waals surface area (Å²) in [6, 6.07) is 5.79. The van der Waals surface area contributed by atoms with E-state index in [4.69, 9.17) is 10.5 Å². The summed E-state index contributed by atoms with van der Waals surface area (Å²) in [5.74, 6) is -0.341. The number of nitrogens with one attached hydrogen (secondary N) is 1. The number of carbonyl (C=O) groups is 1. The zero-order valence-electron chi connectivity index (χ0n) is 11.1. The third kappa shape index (κ3) is 3.39. The van der Waals surface area contributed by atoms with Gasteiger partial charge in [-0.25, -0.2) is 4.79 Å². The fourth-order valence-electron chi connectivity index (χ4n) is 1.61. The van der Waals surface area contributed by atoms with Crippen LogP contribution in [-0.4, -0.2) is 17.6 Å². The minimum absolute atomic E-state index is 0.341. The normalized spacial score (nSPS) is 15.3. The first-order valence-electron chi connectivity index (χ1n) is 6.24. The molecule has 1 aromatic rings. The molecule has 0 unspecified atom stereocenters. The number of hydrogen-bond acceptors (Lipinski definition) is 4. The second-order valence-corrected chi connectivity index (χ2v) is 5.72. The molecule has 1 aliphatic carbocycles. The van der Waals surface area contributed by atoms with Gasteiger partial charge in [0.2, 0.25) is 0 Å². The topological polar surface area (TPSA) is 64.3 Å². The molecule has 0 radical (unpaired) electrons. The summed E-state index contributed by atoms with van der Waals surface area (Å²) < 4.78 is 5.30. The summed E-state index contributed by atoms with van der Waals surface area (Å²) in [6.45, 7) is 5.53. The number of nitrogens with two attached hydrogens (primary N) is 1. The van der Waals surface area contributed by atoms with Crippen LogP contribution in [-0.2, 0) is 4.74 Å². The van der Waals surface area contributed by atoms with E-state index in [-0.39, 0.29) is 5.97 Å². The number of anilines is 2. The molecule has 0 spiro atoms. The molecular formula is C14H20N2O2. The lowest BCUT2D eigenvalue weighted by atomic mass is 10.1. The Bertz CT molecular complexity index is 459. The first kappa shape index (κ1) is 12.7. The maximum absolute atomic E-state index is 11.9. The predicted octanol–water partition coefficient (Wildman–Crippen LogP) is 2.80. The van der Waals surface area contributed by atoms with Gasteiger partial charge in [-0.3, -0.25) is 0 Å². The molecule has 1 fully saturated rings. The van der Waals surface area contributed by atoms with E-state index < -0.39 is 5.60 Å². The molecule has 0 atom stereocenters. The third-order valence-corrected chi connectivity index (χ3v) is 2.62. The average molecular weight is 248 g/mol. The van der Waals surface area contributed by atoms with Crippen LogP contribution in [0.5, 0.6) is 0 Å². The average Bonchev–Trinajstić information content (AvgIpc) is 3.02. The van der Waals surface area contributed by atoms with E-state index in [1.54, 1.807) is 12.1 Å². The van der Waals surface area contributed by atoms with Gasteiger partial charge in [-0.15, -0.1) is 0 Å². The van der Waals surface area contributed by atoms with E-state index in [0.717, 1.165) is 5.69 Å². The summed E-state index contributed by atoms with van der Waals surface area (Å²) in [4.78, 5) is 11.9. The Kier molecular flexibility index (Phi) is 3.20. The molecule has 0 amide bonds. The molecule has 1 aromatic carbocycles. The molecule has 0 heterocycles. The Morgan fingerprint density at radius 3 is 2.56 bits per heavy atom. The van der Waals surface area contributed by atoms with Crippen molar-refractivity contribution in [2.24, 2.45) is 0 Å². The molecule has 0 bridgehead atoms. The number of esters is 1. The molecule has 18 heavy (non-hydrogen) atoms. The smallest absolute Gasteiger partial charge is 0.338 e. The van der Waals surface area contributed by atoms with E-state index >= 15 is 0 Å². The SMILES string of the molecule is CC(C)(C)OC(=O)c1ccc(NC2CC2)c(N)c1. The minimum atomic E-state index is -0.489. The van der Waals surface area contributed by atoms with Gasteiger partial charge < -0.3 is 15.8 Å². The molecule has 2 rings (SSSR count). The molecule has 0 aromatic heterocycles. The lowest BCUT2D eigenvalue weighted by Gasteiger charge is -2.19. The van der Waals surface area contributed by atoms with Gasteiger partial charge in [0.05, 0.1) is 16.9 Å². The molecule has 4 heteroatoms. The van der Waals surface area contributed by atoms with Crippen LogP contribution >= 0.6 is 0 Å². The van der Waals surface area contributed by atoms with E-state index in [1.807, 2.05) is 26.8 Å². The van der Waals surface area contributed by atoms with Gasteiger partial charge in [0.25, 0.3) is 0 Å². The third-order valence-electron chi connectivity index (χ3n) is 2.62. The van der Waals surface area contributed by atoms with Gasteiger partial charge in [-0.1, -0.05) is 0 Å². The second-order valence-electron chi connectivity index (χ2n) is 5.72. The van der Waals surface area contributed by atoms with Crippen molar-refractivity contribution in [1.82, 2.24) is 0 Å². The Hall–Kier alpha value is -1.71. The number of hydrogen-bond donors (Lipinski definition) is 2. The van der Waals surface area contributed by atoms with Crippen molar-refractivity contribution in [1.29, 1.82) is 0 Å². The Balaban J connectivity index is 2.09. The van der Waals surface area contributed by atoms with Crippen LogP contribution in [0.2, 0.25) is 0 Å². The largest absolute Gasteiger partial charge is 0.456 e. The van der Waals surface area contributed by atoms with Crippen LogP contribution in [0.1, 0.15) is 44.0 Å². The quantitative estimate of drug-likeness (QED) is 0.637. The fourth-order valence-corrected chi connectivity index (χ4v) is 1.61. The molecular weight excluding hydrogens is 228 g/mol. The predicted molar refractivity (Wildman–Crippen MR) is 72.7 cm³/mol. The van der Waals surface area contributed by atoms with Crippen LogP contribution < -0.4 is 11.1 Å². The lowest BCUT2D eigenvalue weighted by molar-refractivity contribution is 0.00696. The first-order valence-corrected chi connectivity index (χ1v) is 6.24. The van der Waals surface area contributed by atoms with Gasteiger partial charge in [0.15, 0.2) is 0 Å². The second kappa shape index (κ2) is 4.52. The zero-order chi connectivity index (χ0) is 13.3. The fraction of sp³-hybridized carbons (Fsp3) is 0.500. The highest BCUT2D eigenvalue weighted by Crippen LogP contribution is 2.29. The summed E-state index contributed by atoms with van der Waals surface area (Å²) in [5, 5.41) is 3.32. The maximum atomic E-state index is 11.9. The van der Waals surface area contributed by atoms with Crippen LogP contribution in [0, 0.1) is 0 Å². The summed E-state index contributed by atoms with van der Waals surface area (Å²) in [7, 11) is 0. The highest BCUT2D eigenvalue weighted by atomic mass is 16.6. The number of benzene rings is 1. The Morgan fingerprint density at radius 1 is 1.39 bits per heavy atom. The van der Waals surface area contributed by atoms with Gasteiger partial charge in [0.1, 0.15) is 5.60 Å². The van der Waals surface area contributed by atoms with Crippen molar-refractivity contribution in [2.45, 2.75) is 45.3 Å². The molecule has 4 nitrogen and oxygen atoms in total. The van der Waals surface area contributed by atoms with Crippen molar-refractivity contribution < 1.29 is 9.53 Å². The molecule has 0 aliphatic heterocycles.